The number of rotatable bonds is 3. The molecule has 1 saturated heterocycles. The van der Waals surface area contributed by atoms with Gasteiger partial charge in [-0.05, 0) is 17.7 Å². The molecule has 0 aliphatic carbocycles. The molecule has 0 bridgehead atoms. The van der Waals surface area contributed by atoms with E-state index in [-0.39, 0.29) is 18.4 Å². The van der Waals surface area contributed by atoms with Gasteiger partial charge in [0.15, 0.2) is 0 Å². The highest BCUT2D eigenvalue weighted by molar-refractivity contribution is 5.30. The topological polar surface area (TPSA) is 63.0 Å². The van der Waals surface area contributed by atoms with Crippen LogP contribution in [0.1, 0.15) is 35.7 Å². The second kappa shape index (κ2) is 6.58. The van der Waals surface area contributed by atoms with Gasteiger partial charge >= 0.3 is 6.18 Å². The summed E-state index contributed by atoms with van der Waals surface area (Å²) in [6.07, 6.45) is -6.07. The molecule has 26 heavy (non-hydrogen) atoms. The van der Waals surface area contributed by atoms with Gasteiger partial charge in [-0.3, -0.25) is 4.68 Å². The Kier molecular flexibility index (Phi) is 4.74. The summed E-state index contributed by atoms with van der Waals surface area (Å²) in [4.78, 5) is 0. The maximum absolute atomic E-state index is 13.3. The predicted octanol–water partition coefficient (Wildman–Crippen LogP) is 2.78. The maximum atomic E-state index is 13.3. The minimum absolute atomic E-state index is 0.0136. The Balaban J connectivity index is 1.92. The first-order chi connectivity index (χ1) is 12.1. The number of hydrogen-bond donors (Lipinski definition) is 2. The third-order valence-corrected chi connectivity index (χ3v) is 4.55. The first-order valence-electron chi connectivity index (χ1n) is 7.89. The molecule has 1 aromatic carbocycles. The molecule has 1 aromatic heterocycles. The van der Waals surface area contributed by atoms with Crippen molar-refractivity contribution in [3.05, 3.63) is 47.3 Å². The van der Waals surface area contributed by atoms with Crippen LogP contribution in [0.15, 0.2) is 30.5 Å². The molecule has 3 unspecified atom stereocenters. The molecule has 10 heteroatoms. The second-order valence-corrected chi connectivity index (χ2v) is 6.49. The summed E-state index contributed by atoms with van der Waals surface area (Å²) in [5, 5.41) is 21.4. The van der Waals surface area contributed by atoms with E-state index in [1.54, 1.807) is 13.2 Å². The Morgan fingerprint density at radius 1 is 1.23 bits per heavy atom. The van der Waals surface area contributed by atoms with Crippen molar-refractivity contribution in [2.24, 2.45) is 7.05 Å². The summed E-state index contributed by atoms with van der Waals surface area (Å²) < 4.78 is 66.2. The predicted molar refractivity (Wildman–Crippen MR) is 81.2 cm³/mol. The number of hydrogen-bond acceptors (Lipinski definition) is 4. The van der Waals surface area contributed by atoms with Crippen LogP contribution in [0.5, 0.6) is 0 Å². The number of piperidine rings is 1. The van der Waals surface area contributed by atoms with E-state index in [1.807, 2.05) is 0 Å². The first kappa shape index (κ1) is 18.7. The lowest BCUT2D eigenvalue weighted by Crippen LogP contribution is -2.51. The van der Waals surface area contributed by atoms with Crippen molar-refractivity contribution in [1.82, 2.24) is 20.3 Å². The summed E-state index contributed by atoms with van der Waals surface area (Å²) in [6, 6.07) is 1.90. The van der Waals surface area contributed by atoms with Gasteiger partial charge in [-0.1, -0.05) is 17.3 Å². The number of aliphatic hydroxyl groups is 1. The van der Waals surface area contributed by atoms with E-state index in [2.05, 4.69) is 15.6 Å². The highest BCUT2D eigenvalue weighted by atomic mass is 19.4. The standard InChI is InChI=1S/C16H17F5N4O/c1-25-8-13(23-24-25)11-6-15(26,7-12(22-11)14(17)18)9-2-4-10(5-3-9)16(19,20)21/h2-5,8,11-12,14,22,26H,6-7H2,1H3. The van der Waals surface area contributed by atoms with Crippen molar-refractivity contribution in [3.8, 4) is 0 Å². The third-order valence-electron chi connectivity index (χ3n) is 4.55. The number of aromatic nitrogens is 3. The van der Waals surface area contributed by atoms with Crippen LogP contribution in [0.3, 0.4) is 0 Å². The van der Waals surface area contributed by atoms with Crippen molar-refractivity contribution in [1.29, 1.82) is 0 Å². The molecule has 0 radical (unpaired) electrons. The Morgan fingerprint density at radius 2 is 1.88 bits per heavy atom. The molecule has 2 heterocycles. The van der Waals surface area contributed by atoms with Crippen molar-refractivity contribution in [2.75, 3.05) is 0 Å². The highest BCUT2D eigenvalue weighted by Gasteiger charge is 2.44. The Morgan fingerprint density at radius 3 is 2.38 bits per heavy atom. The van der Waals surface area contributed by atoms with Crippen LogP contribution in [0.25, 0.3) is 0 Å². The molecule has 1 aliphatic rings. The molecule has 2 aromatic rings. The third kappa shape index (κ3) is 3.70. The molecule has 3 rings (SSSR count). The Labute approximate surface area is 145 Å². The minimum Gasteiger partial charge on any atom is -0.385 e. The van der Waals surface area contributed by atoms with Crippen molar-refractivity contribution in [3.63, 3.8) is 0 Å². The van der Waals surface area contributed by atoms with Crippen molar-refractivity contribution < 1.29 is 27.1 Å². The number of nitrogens with zero attached hydrogens (tertiary/aromatic N) is 3. The average molecular weight is 376 g/mol. The smallest absolute Gasteiger partial charge is 0.385 e. The zero-order valence-electron chi connectivity index (χ0n) is 13.7. The number of benzene rings is 1. The molecule has 142 valence electrons. The van der Waals surface area contributed by atoms with Gasteiger partial charge in [0.1, 0.15) is 0 Å². The summed E-state index contributed by atoms with van der Waals surface area (Å²) in [5.41, 5.74) is -2.04. The SMILES string of the molecule is Cn1cc(C2CC(O)(c3ccc(C(F)(F)F)cc3)CC(C(F)F)N2)nn1. The highest BCUT2D eigenvalue weighted by Crippen LogP contribution is 2.41. The molecule has 1 aliphatic heterocycles. The van der Waals surface area contributed by atoms with Crippen molar-refractivity contribution >= 4 is 0 Å². The molecule has 3 atom stereocenters. The Hall–Kier alpha value is -2.07. The second-order valence-electron chi connectivity index (χ2n) is 6.49. The molecule has 2 N–H and O–H groups in total. The number of alkyl halides is 5. The van der Waals surface area contributed by atoms with Crippen LogP contribution in [0.2, 0.25) is 0 Å². The molecular formula is C16H17F5N4O. The lowest BCUT2D eigenvalue weighted by atomic mass is 9.78. The average Bonchev–Trinajstić information content (AvgIpc) is 3.00. The molecule has 0 spiro atoms. The van der Waals surface area contributed by atoms with E-state index in [9.17, 15) is 27.1 Å². The molecular weight excluding hydrogens is 359 g/mol. The normalized spacial score (nSPS) is 27.1. The Bertz CT molecular complexity index is 761. The van der Waals surface area contributed by atoms with Gasteiger partial charge in [-0.25, -0.2) is 8.78 Å². The zero-order valence-corrected chi connectivity index (χ0v) is 13.7. The van der Waals surface area contributed by atoms with Gasteiger partial charge in [-0.2, -0.15) is 13.2 Å². The largest absolute Gasteiger partial charge is 0.416 e. The van der Waals surface area contributed by atoms with Gasteiger partial charge in [-0.15, -0.1) is 5.10 Å². The van der Waals surface area contributed by atoms with Crippen LogP contribution in [0, 0.1) is 0 Å². The molecule has 1 fully saturated rings. The summed E-state index contributed by atoms with van der Waals surface area (Å²) in [5.74, 6) is 0. The molecule has 5 nitrogen and oxygen atoms in total. The lowest BCUT2D eigenvalue weighted by molar-refractivity contribution is -0.137. The van der Waals surface area contributed by atoms with Gasteiger partial charge in [0.2, 0.25) is 0 Å². The van der Waals surface area contributed by atoms with Crippen LogP contribution in [-0.4, -0.2) is 32.6 Å². The van der Waals surface area contributed by atoms with E-state index in [0.717, 1.165) is 24.3 Å². The number of aryl methyl sites for hydroxylation is 1. The number of nitrogens with one attached hydrogen (secondary N) is 1. The van der Waals surface area contributed by atoms with Crippen molar-refractivity contribution in [2.45, 2.75) is 43.1 Å². The fraction of sp³-hybridized carbons (Fsp3) is 0.500. The van der Waals surface area contributed by atoms with E-state index in [4.69, 9.17) is 0 Å². The van der Waals surface area contributed by atoms with Crippen LogP contribution in [0.4, 0.5) is 22.0 Å². The summed E-state index contributed by atoms with van der Waals surface area (Å²) >= 11 is 0. The van der Waals surface area contributed by atoms with E-state index in [0.29, 0.717) is 5.69 Å². The zero-order chi connectivity index (χ0) is 19.1. The van der Waals surface area contributed by atoms with Gasteiger partial charge in [0.05, 0.1) is 28.9 Å². The fourth-order valence-electron chi connectivity index (χ4n) is 3.24. The van der Waals surface area contributed by atoms with Gasteiger partial charge in [0, 0.05) is 26.1 Å². The molecule has 0 amide bonds. The molecule has 0 saturated carbocycles. The van der Waals surface area contributed by atoms with Crippen LogP contribution in [-0.2, 0) is 18.8 Å². The maximum Gasteiger partial charge on any atom is 0.416 e. The quantitative estimate of drug-likeness (QED) is 0.809. The van der Waals surface area contributed by atoms with E-state index < -0.39 is 35.8 Å². The van der Waals surface area contributed by atoms with Crippen LogP contribution < -0.4 is 5.32 Å². The summed E-state index contributed by atoms with van der Waals surface area (Å²) in [7, 11) is 1.62. The minimum atomic E-state index is -4.51. The van der Waals surface area contributed by atoms with Gasteiger partial charge < -0.3 is 10.4 Å². The van der Waals surface area contributed by atoms with E-state index in [1.165, 1.54) is 4.68 Å². The first-order valence-corrected chi connectivity index (χ1v) is 7.89. The monoisotopic (exact) mass is 376 g/mol. The van der Waals surface area contributed by atoms with Gasteiger partial charge in [0.25, 0.3) is 6.43 Å². The van der Waals surface area contributed by atoms with Crippen LogP contribution >= 0.6 is 0 Å². The van der Waals surface area contributed by atoms with E-state index >= 15 is 0 Å². The fourth-order valence-corrected chi connectivity index (χ4v) is 3.24. The number of halogens is 5. The lowest BCUT2D eigenvalue weighted by Gasteiger charge is -2.41. The summed E-state index contributed by atoms with van der Waals surface area (Å²) in [6.45, 7) is 0.